The van der Waals surface area contributed by atoms with Crippen molar-refractivity contribution < 1.29 is 109 Å². The lowest BCUT2D eigenvalue weighted by Gasteiger charge is -2.51. The first-order valence-corrected chi connectivity index (χ1v) is 50.3. The van der Waals surface area contributed by atoms with Crippen molar-refractivity contribution in [2.45, 2.75) is 226 Å². The van der Waals surface area contributed by atoms with E-state index in [1.165, 1.54) is 19.9 Å². The predicted molar refractivity (Wildman–Crippen MR) is 531 cm³/mol. The Morgan fingerprint density at radius 2 is 0.586 bits per heavy atom. The Bertz CT molecular complexity index is 5460. The molecule has 0 radical (unpaired) electrons. The van der Waals surface area contributed by atoms with Crippen LogP contribution >= 0.6 is 34.8 Å². The zero-order chi connectivity index (χ0) is 97.5. The van der Waals surface area contributed by atoms with Gasteiger partial charge < -0.3 is 99.7 Å². The Labute approximate surface area is 835 Å². The van der Waals surface area contributed by atoms with Crippen LogP contribution < -0.4 is 15.7 Å². The molecule has 0 bridgehead atoms. The van der Waals surface area contributed by atoms with E-state index < -0.39 is 164 Å². The monoisotopic (exact) mass is 1980 g/mol. The SMILES string of the molecule is C=CCO[C@H]1O[C@H](CO[C@H]2O[C@H](COCc3ccccc3)[C@@H](OCc3ccccc3)[C@H](OCc3ccccc3)[C@@H]2O[C@H]2O[C@H](CO[Si](c3ccccc3)(c3ccccc3)C(C)(C)C)[C@@H](OCc3ccccc3)[C@H](OCc3ccccc3)[C@@H]2OC(C)=O)[C@@H](O[C@@H]2O[C@H](COCc3ccccc3)[C@H](OCc3ccccc3)[C@H](OCc3ccccc3)[C@H]2NC(=O)C(Cl)(Cl)Cl)[C@H](OCc2ccccc2)[C@@H]1OC(C)=O. The van der Waals surface area contributed by atoms with E-state index in [4.69, 9.17) is 129 Å². The van der Waals surface area contributed by atoms with Crippen LogP contribution in [0.3, 0.4) is 0 Å². The fourth-order valence-electron chi connectivity index (χ4n) is 18.0. The highest BCUT2D eigenvalue weighted by Crippen LogP contribution is 2.43. The lowest BCUT2D eigenvalue weighted by atomic mass is 9.94. The van der Waals surface area contributed by atoms with Crippen LogP contribution in [0.15, 0.2) is 346 Å². The van der Waals surface area contributed by atoms with Gasteiger partial charge in [-0.2, -0.15) is 0 Å². The lowest BCUT2D eigenvalue weighted by Crippen LogP contribution is -2.70. The normalized spacial score (nSPS) is 24.9. The van der Waals surface area contributed by atoms with E-state index in [9.17, 15) is 9.59 Å². The second-order valence-corrected chi connectivity index (χ2v) is 42.4. The second kappa shape index (κ2) is 52.3. The summed E-state index contributed by atoms with van der Waals surface area (Å²) in [6, 6.07) is 105. The van der Waals surface area contributed by atoms with E-state index in [1.54, 1.807) is 0 Å². The number of hydrogen-bond acceptors (Lipinski definition) is 23. The minimum absolute atomic E-state index is 0.0142. The fourth-order valence-corrected chi connectivity index (χ4v) is 22.7. The maximum absolute atomic E-state index is 15.0. The summed E-state index contributed by atoms with van der Waals surface area (Å²) >= 11 is 20.0. The third-order valence-corrected chi connectivity index (χ3v) is 30.1. The van der Waals surface area contributed by atoms with Crippen LogP contribution in [0.1, 0.15) is 84.7 Å². The molecule has 28 heteroatoms. The zero-order valence-electron chi connectivity index (χ0n) is 79.0. The van der Waals surface area contributed by atoms with Gasteiger partial charge in [-0.3, -0.25) is 14.4 Å². The third-order valence-electron chi connectivity index (χ3n) is 24.6. The molecule has 15 rings (SSSR count). The number of alkyl halides is 3. The van der Waals surface area contributed by atoms with Crippen molar-refractivity contribution in [2.75, 3.05) is 33.0 Å². The van der Waals surface area contributed by atoms with Crippen LogP contribution in [-0.2, 0) is 168 Å². The molecule has 0 saturated carbocycles. The standard InChI is InChI=1S/C112H122Cl3NO23Si/c1-7-63-122-107-103(132-77(2)117)102(129-72-87-57-35-16-36-58-87)98(138-106-94(116-110(119)112(113,114)115)99(126-69-84-51-29-13-30-52-84)95(123-66-81-45-23-10-24-46-81)90(134-106)73-120-64-79-41-19-8-20-42-79)92(136-107)75-130-108-104(100(127-70-85-53-31-14-32-54-85)96(124-67-82-47-25-11-26-48-82)91(135-108)74-121-65-80-43-21-9-22-44-80)139-109-105(133-78(3)118)101(128-71-86-55-33-15-34-56-86)97(125-68-83-49-27-12-28-50-83)93(137-109)76-131-140(111(4,5)6,88-59-37-17-38-60-88)89-61-39-18-40-62-89/h7-62,90-109H,1,63-76H2,2-6H3,(H,116,119)/t90-,91-,92-,93-,94-,95+,96-,97-,98-,99-,100+,101+,102+,103+,104+,105+,106+,107+,108+,109-/m1/s1. The first kappa shape index (κ1) is 104. The van der Waals surface area contributed by atoms with Crippen LogP contribution in [-0.4, -0.2) is 186 Å². The number of carbonyl (C=O) groups is 3. The molecule has 4 aliphatic heterocycles. The van der Waals surface area contributed by atoms with Crippen LogP contribution in [0.25, 0.3) is 0 Å². The molecule has 1 amide bonds. The molecule has 0 spiro atoms. The van der Waals surface area contributed by atoms with Crippen molar-refractivity contribution in [1.29, 1.82) is 0 Å². The zero-order valence-corrected chi connectivity index (χ0v) is 82.3. The minimum atomic E-state index is -3.50. The number of carbonyl (C=O) groups excluding carboxylic acids is 3. The molecule has 4 saturated heterocycles. The quantitative estimate of drug-likeness (QED) is 0.0161. The van der Waals surface area contributed by atoms with Crippen molar-refractivity contribution in [3.8, 4) is 0 Å². The summed E-state index contributed by atoms with van der Waals surface area (Å²) in [6.45, 7) is 12.0. The molecule has 11 aromatic carbocycles. The van der Waals surface area contributed by atoms with Gasteiger partial charge in [-0.15, -0.1) is 6.58 Å². The first-order valence-electron chi connectivity index (χ1n) is 47.3. The Hall–Kier alpha value is -10.1. The summed E-state index contributed by atoms with van der Waals surface area (Å²) in [4.78, 5) is 43.8. The summed E-state index contributed by atoms with van der Waals surface area (Å²) in [5, 5.41) is 4.41. The van der Waals surface area contributed by atoms with E-state index in [1.807, 2.05) is 309 Å². The van der Waals surface area contributed by atoms with Crippen LogP contribution in [0.2, 0.25) is 5.04 Å². The van der Waals surface area contributed by atoms with Crippen LogP contribution in [0.4, 0.5) is 0 Å². The van der Waals surface area contributed by atoms with Crippen molar-refractivity contribution in [3.63, 3.8) is 0 Å². The van der Waals surface area contributed by atoms with E-state index in [-0.39, 0.29) is 85.9 Å². The Kier molecular flexibility index (Phi) is 38.9. The number of hydrogen-bond donors (Lipinski definition) is 1. The minimum Gasteiger partial charge on any atom is -0.454 e. The third kappa shape index (κ3) is 28.9. The van der Waals surface area contributed by atoms with Crippen LogP contribution in [0.5, 0.6) is 0 Å². The maximum Gasteiger partial charge on any atom is 0.303 e. The number of esters is 2. The van der Waals surface area contributed by atoms with Gasteiger partial charge in [-0.05, 0) is 65.5 Å². The summed E-state index contributed by atoms with van der Waals surface area (Å²) < 4.78 is 143. The summed E-state index contributed by atoms with van der Waals surface area (Å²) in [5.74, 6) is -2.57. The van der Waals surface area contributed by atoms with Crippen LogP contribution in [0, 0.1) is 0 Å². The molecule has 0 unspecified atom stereocenters. The summed E-state index contributed by atoms with van der Waals surface area (Å²) in [7, 11) is -3.50. The molecule has 24 nitrogen and oxygen atoms in total. The summed E-state index contributed by atoms with van der Waals surface area (Å²) in [5.41, 5.74) is 7.13. The maximum atomic E-state index is 15.0. The molecular formula is C112H122Cl3NO23Si. The van der Waals surface area contributed by atoms with Gasteiger partial charge in [-0.1, -0.05) is 395 Å². The molecule has 4 aliphatic rings. The number of rotatable bonds is 47. The predicted octanol–water partition coefficient (Wildman–Crippen LogP) is 17.7. The fraction of sp³-hybridized carbons (Fsp3) is 0.366. The van der Waals surface area contributed by atoms with Gasteiger partial charge in [0, 0.05) is 13.8 Å². The van der Waals surface area contributed by atoms with Crippen molar-refractivity contribution in [3.05, 3.63) is 396 Å². The average molecular weight is 1980 g/mol. The van der Waals surface area contributed by atoms with E-state index in [0.717, 1.165) is 54.9 Å². The van der Waals surface area contributed by atoms with Gasteiger partial charge in [0.05, 0.1) is 92.5 Å². The van der Waals surface area contributed by atoms with Gasteiger partial charge in [0.1, 0.15) is 85.4 Å². The van der Waals surface area contributed by atoms with Gasteiger partial charge in [0.2, 0.25) is 0 Å². The van der Waals surface area contributed by atoms with Crippen molar-refractivity contribution in [2.24, 2.45) is 0 Å². The number of nitrogens with one attached hydrogen (secondary N) is 1. The molecule has 140 heavy (non-hydrogen) atoms. The lowest BCUT2D eigenvalue weighted by molar-refractivity contribution is -0.387. The molecule has 4 heterocycles. The topological polar surface area (TPSA) is 248 Å². The smallest absolute Gasteiger partial charge is 0.303 e. The van der Waals surface area contributed by atoms with E-state index in [2.05, 4.69) is 56.9 Å². The van der Waals surface area contributed by atoms with Gasteiger partial charge in [0.15, 0.2) is 37.4 Å². The molecule has 1 N–H and O–H groups in total. The highest BCUT2D eigenvalue weighted by Gasteiger charge is 2.60. The summed E-state index contributed by atoms with van der Waals surface area (Å²) in [6.07, 6.45) is -24.7. The number of amides is 1. The molecule has 738 valence electrons. The van der Waals surface area contributed by atoms with Gasteiger partial charge >= 0.3 is 11.9 Å². The number of benzene rings is 11. The molecule has 4 fully saturated rings. The molecule has 20 atom stereocenters. The Balaban J connectivity index is 0.906. The van der Waals surface area contributed by atoms with E-state index in [0.29, 0.717) is 5.56 Å². The van der Waals surface area contributed by atoms with Crippen molar-refractivity contribution >= 4 is 71.3 Å². The largest absolute Gasteiger partial charge is 0.454 e. The second-order valence-electron chi connectivity index (χ2n) is 35.8. The van der Waals surface area contributed by atoms with Crippen molar-refractivity contribution in [1.82, 2.24) is 5.32 Å². The highest BCUT2D eigenvalue weighted by atomic mass is 35.6. The Morgan fingerprint density at radius 3 is 0.929 bits per heavy atom. The molecule has 0 aromatic heterocycles. The van der Waals surface area contributed by atoms with Gasteiger partial charge in [-0.25, -0.2) is 0 Å². The number of halogens is 3. The molecule has 11 aromatic rings. The number of ether oxygens (including phenoxy) is 19. The molecule has 0 aliphatic carbocycles. The van der Waals surface area contributed by atoms with E-state index >= 15 is 4.79 Å². The first-order chi connectivity index (χ1) is 68.2. The highest BCUT2D eigenvalue weighted by molar-refractivity contribution is 6.99. The Morgan fingerprint density at radius 1 is 0.314 bits per heavy atom. The van der Waals surface area contributed by atoms with Gasteiger partial charge in [0.25, 0.3) is 18.0 Å². The average Bonchev–Trinajstić information content (AvgIpc) is 0.739. The molecular weight excluding hydrogens is 1860 g/mol.